The van der Waals surface area contributed by atoms with Crippen molar-refractivity contribution in [1.29, 1.82) is 0 Å². The molecule has 2 aromatic rings. The third-order valence-corrected chi connectivity index (χ3v) is 9.87. The van der Waals surface area contributed by atoms with E-state index in [4.69, 9.17) is 14.0 Å². The molecule has 1 aromatic heterocycles. The van der Waals surface area contributed by atoms with E-state index in [-0.39, 0.29) is 59.7 Å². The van der Waals surface area contributed by atoms with Gasteiger partial charge in [-0.05, 0) is 79.0 Å². The van der Waals surface area contributed by atoms with E-state index in [1.54, 1.807) is 43.9 Å². The van der Waals surface area contributed by atoms with Crippen molar-refractivity contribution in [3.05, 3.63) is 35.2 Å². The number of carbonyl (C=O) groups is 2. The van der Waals surface area contributed by atoms with Gasteiger partial charge in [-0.2, -0.15) is 4.31 Å². The van der Waals surface area contributed by atoms with Gasteiger partial charge in [-0.1, -0.05) is 12.1 Å². The first kappa shape index (κ1) is 36.3. The number of nitrogens with zero attached hydrogens (tertiary/aromatic N) is 3. The van der Waals surface area contributed by atoms with E-state index in [1.165, 1.54) is 11.4 Å². The van der Waals surface area contributed by atoms with Crippen LogP contribution in [0.3, 0.4) is 0 Å². The molecule has 3 amide bonds. The number of urea groups is 1. The second-order valence-corrected chi connectivity index (χ2v) is 14.2. The number of rotatable bonds is 8. The zero-order chi connectivity index (χ0) is 33.5. The van der Waals surface area contributed by atoms with Crippen molar-refractivity contribution in [3.63, 3.8) is 0 Å². The maximum Gasteiger partial charge on any atom is 0.319 e. The average Bonchev–Trinajstić information content (AvgIpc) is 3.31. The van der Waals surface area contributed by atoms with E-state index in [0.717, 1.165) is 12.8 Å². The summed E-state index contributed by atoms with van der Waals surface area (Å²) >= 11 is 0. The zero-order valence-corrected chi connectivity index (χ0v) is 28.4. The van der Waals surface area contributed by atoms with Crippen LogP contribution >= 0.6 is 0 Å². The third kappa shape index (κ3) is 9.41. The molecule has 252 valence electrons. The molecule has 0 bridgehead atoms. The normalized spacial score (nSPS) is 21.2. The summed E-state index contributed by atoms with van der Waals surface area (Å²) in [6, 6.07) is 3.87. The standard InChI is InChI=1S/C31H49N5O8S/c1-19(2)32-31(39)33-25-12-13-27-26(15-25)30(38)36(21(4)18-37)16-20(3)28(42-14-10-9-11-22(5)43-27)17-35(8)45(40,41)29-23(6)34-44-24(29)7/h12-13,15,19-22,28,37H,9-11,14,16-18H2,1-8H3,(H2,32,33,39)/t20-,21-,22+,28+/m1/s1. The van der Waals surface area contributed by atoms with E-state index in [1.807, 2.05) is 27.7 Å². The highest BCUT2D eigenvalue weighted by molar-refractivity contribution is 7.89. The van der Waals surface area contributed by atoms with E-state index >= 15 is 0 Å². The van der Waals surface area contributed by atoms with Crippen molar-refractivity contribution in [2.75, 3.05) is 38.7 Å². The number of aliphatic hydroxyl groups excluding tert-OH is 1. The van der Waals surface area contributed by atoms with Crippen molar-refractivity contribution in [1.82, 2.24) is 19.7 Å². The van der Waals surface area contributed by atoms with Gasteiger partial charge in [0.25, 0.3) is 5.91 Å². The number of hydrogen-bond donors (Lipinski definition) is 3. The molecule has 3 rings (SSSR count). The van der Waals surface area contributed by atoms with Crippen molar-refractivity contribution < 1.29 is 37.1 Å². The van der Waals surface area contributed by atoms with Crippen molar-refractivity contribution >= 4 is 27.6 Å². The van der Waals surface area contributed by atoms with Gasteiger partial charge in [-0.15, -0.1) is 0 Å². The lowest BCUT2D eigenvalue weighted by Crippen LogP contribution is -2.48. The van der Waals surface area contributed by atoms with Crippen LogP contribution in [0.1, 0.15) is 75.7 Å². The predicted molar refractivity (Wildman–Crippen MR) is 170 cm³/mol. The van der Waals surface area contributed by atoms with Gasteiger partial charge in [0.2, 0.25) is 10.0 Å². The summed E-state index contributed by atoms with van der Waals surface area (Å²) in [4.78, 5) is 28.2. The lowest BCUT2D eigenvalue weighted by Gasteiger charge is -2.35. The van der Waals surface area contributed by atoms with Crippen LogP contribution in [0.15, 0.2) is 27.6 Å². The minimum Gasteiger partial charge on any atom is -0.490 e. The van der Waals surface area contributed by atoms with Gasteiger partial charge in [0.05, 0.1) is 30.4 Å². The SMILES string of the molecule is Cc1noc(C)c1S(=O)(=O)N(C)C[C@@H]1OCCCC[C@H](C)Oc2ccc(NC(=O)NC(C)C)cc2C(=O)N([C@H](C)CO)C[C@H]1C. The molecular weight excluding hydrogens is 602 g/mol. The third-order valence-electron chi connectivity index (χ3n) is 7.80. The molecule has 0 fully saturated rings. The Bertz CT molecular complexity index is 1390. The van der Waals surface area contributed by atoms with E-state index < -0.39 is 34.1 Å². The van der Waals surface area contributed by atoms with Crippen LogP contribution in [0.5, 0.6) is 5.75 Å². The second-order valence-electron chi connectivity index (χ2n) is 12.2. The Kier molecular flexibility index (Phi) is 12.8. The summed E-state index contributed by atoms with van der Waals surface area (Å²) in [7, 11) is -2.45. The number of aromatic nitrogens is 1. The zero-order valence-electron chi connectivity index (χ0n) is 27.6. The van der Waals surface area contributed by atoms with Crippen LogP contribution < -0.4 is 15.4 Å². The summed E-state index contributed by atoms with van der Waals surface area (Å²) in [5.74, 6) is -0.153. The Balaban J connectivity index is 1.97. The molecule has 3 N–H and O–H groups in total. The first-order chi connectivity index (χ1) is 21.1. The maximum absolute atomic E-state index is 14.2. The molecule has 0 saturated heterocycles. The van der Waals surface area contributed by atoms with E-state index in [0.29, 0.717) is 24.5 Å². The summed E-state index contributed by atoms with van der Waals surface area (Å²) in [5.41, 5.74) is 0.928. The number of nitrogens with one attached hydrogen (secondary N) is 2. The summed E-state index contributed by atoms with van der Waals surface area (Å²) in [6.07, 6.45) is 1.43. The molecule has 1 aliphatic heterocycles. The van der Waals surface area contributed by atoms with Gasteiger partial charge < -0.3 is 34.6 Å². The van der Waals surface area contributed by atoms with E-state index in [9.17, 15) is 23.1 Å². The smallest absolute Gasteiger partial charge is 0.319 e. The summed E-state index contributed by atoms with van der Waals surface area (Å²) < 4.78 is 45.9. The molecule has 2 heterocycles. The molecule has 13 nitrogen and oxygen atoms in total. The van der Waals surface area contributed by atoms with Crippen LogP contribution in [0.2, 0.25) is 0 Å². The van der Waals surface area contributed by atoms with Crippen LogP contribution in [-0.2, 0) is 14.8 Å². The maximum atomic E-state index is 14.2. The minimum atomic E-state index is -3.94. The Morgan fingerprint density at radius 1 is 1.20 bits per heavy atom. The number of sulfonamides is 1. The van der Waals surface area contributed by atoms with Gasteiger partial charge in [-0.3, -0.25) is 4.79 Å². The molecular formula is C31H49N5O8S. The molecule has 0 unspecified atom stereocenters. The van der Waals surface area contributed by atoms with Crippen molar-refractivity contribution in [3.8, 4) is 5.75 Å². The second kappa shape index (κ2) is 15.9. The number of ether oxygens (including phenoxy) is 2. The molecule has 4 atom stereocenters. The van der Waals surface area contributed by atoms with Crippen molar-refractivity contribution in [2.24, 2.45) is 5.92 Å². The number of carbonyl (C=O) groups excluding carboxylic acids is 2. The Labute approximate surface area is 266 Å². The largest absolute Gasteiger partial charge is 0.490 e. The molecule has 0 radical (unpaired) electrons. The van der Waals surface area contributed by atoms with Gasteiger partial charge in [0.15, 0.2) is 5.76 Å². The molecule has 0 spiro atoms. The lowest BCUT2D eigenvalue weighted by atomic mass is 10.0. The average molecular weight is 652 g/mol. The summed E-state index contributed by atoms with van der Waals surface area (Å²) in [5, 5.41) is 19.5. The van der Waals surface area contributed by atoms with Gasteiger partial charge >= 0.3 is 6.03 Å². The molecule has 1 aromatic carbocycles. The van der Waals surface area contributed by atoms with Crippen LogP contribution in [0.4, 0.5) is 10.5 Å². The number of amides is 3. The van der Waals surface area contributed by atoms with Crippen molar-refractivity contribution in [2.45, 2.75) is 96.9 Å². The van der Waals surface area contributed by atoms with Gasteiger partial charge in [0, 0.05) is 44.4 Å². The number of anilines is 1. The lowest BCUT2D eigenvalue weighted by molar-refractivity contribution is -0.00835. The quantitative estimate of drug-likeness (QED) is 0.384. The monoisotopic (exact) mass is 651 g/mol. The molecule has 1 aliphatic rings. The minimum absolute atomic E-state index is 0.0260. The predicted octanol–water partition coefficient (Wildman–Crippen LogP) is 3.94. The van der Waals surface area contributed by atoms with Gasteiger partial charge in [0.1, 0.15) is 16.3 Å². The highest BCUT2D eigenvalue weighted by Gasteiger charge is 2.34. The first-order valence-electron chi connectivity index (χ1n) is 15.5. The number of hydrogen-bond acceptors (Lipinski definition) is 9. The Morgan fingerprint density at radius 3 is 2.53 bits per heavy atom. The molecule has 14 heteroatoms. The topological polar surface area (TPSA) is 164 Å². The van der Waals surface area contributed by atoms with Crippen LogP contribution in [0.25, 0.3) is 0 Å². The fraction of sp³-hybridized carbons (Fsp3) is 0.645. The van der Waals surface area contributed by atoms with E-state index in [2.05, 4.69) is 15.8 Å². The fourth-order valence-electron chi connectivity index (χ4n) is 5.24. The Morgan fingerprint density at radius 2 is 1.91 bits per heavy atom. The molecule has 45 heavy (non-hydrogen) atoms. The van der Waals surface area contributed by atoms with Gasteiger partial charge in [-0.25, -0.2) is 13.2 Å². The number of likely N-dealkylation sites (N-methyl/N-ethyl adjacent to an activating group) is 1. The summed E-state index contributed by atoms with van der Waals surface area (Å²) in [6.45, 7) is 12.7. The highest BCUT2D eigenvalue weighted by Crippen LogP contribution is 2.29. The first-order valence-corrected chi connectivity index (χ1v) is 16.9. The molecule has 0 saturated carbocycles. The number of benzene rings is 1. The number of aryl methyl sites for hydroxylation is 2. The highest BCUT2D eigenvalue weighted by atomic mass is 32.2. The fourth-order valence-corrected chi connectivity index (χ4v) is 6.71. The van der Waals surface area contributed by atoms with Crippen LogP contribution in [0, 0.1) is 19.8 Å². The number of fused-ring (bicyclic) bond motifs is 1. The number of aliphatic hydroxyl groups is 1. The van der Waals surface area contributed by atoms with Crippen LogP contribution in [-0.4, -0.2) is 97.5 Å². The Hall–Kier alpha value is -3.20. The molecule has 0 aliphatic carbocycles.